The first-order valence-electron chi connectivity index (χ1n) is 8.03. The third-order valence-electron chi connectivity index (χ3n) is 3.76. The van der Waals surface area contributed by atoms with Crippen molar-refractivity contribution in [1.29, 1.82) is 0 Å². The van der Waals surface area contributed by atoms with E-state index >= 15 is 0 Å². The van der Waals surface area contributed by atoms with Gasteiger partial charge >= 0.3 is 0 Å². The minimum absolute atomic E-state index is 0.136. The largest absolute Gasteiger partial charge is 0.390 e. The summed E-state index contributed by atoms with van der Waals surface area (Å²) in [5.74, 6) is -0.229. The van der Waals surface area contributed by atoms with E-state index in [4.69, 9.17) is 0 Å². The molecule has 5 heteroatoms. The Morgan fingerprint density at radius 2 is 1.96 bits per heavy atom. The van der Waals surface area contributed by atoms with Crippen molar-refractivity contribution in [2.24, 2.45) is 0 Å². The van der Waals surface area contributed by atoms with Crippen LogP contribution in [0.2, 0.25) is 0 Å². The third-order valence-corrected chi connectivity index (χ3v) is 3.76. The standard InChI is InChI=1S/C19H24N2O3/c1-19(2,24)9-6-14-4-3-5-16(12-14)18(23)21-13-17(22)15-7-10-20-11-8-15/h3-5,7-8,10-12,17,22,24H,6,9,13H2,1-2H3,(H,21,23). The number of aryl methyl sites for hydroxylation is 1. The van der Waals surface area contributed by atoms with Crippen molar-refractivity contribution >= 4 is 5.91 Å². The van der Waals surface area contributed by atoms with Crippen LogP contribution in [-0.4, -0.2) is 33.3 Å². The molecule has 0 spiro atoms. The molecule has 128 valence electrons. The summed E-state index contributed by atoms with van der Waals surface area (Å²) >= 11 is 0. The first-order valence-corrected chi connectivity index (χ1v) is 8.03. The first-order chi connectivity index (χ1) is 11.3. The maximum absolute atomic E-state index is 12.2. The fourth-order valence-corrected chi connectivity index (χ4v) is 2.31. The van der Waals surface area contributed by atoms with Gasteiger partial charge in [-0.1, -0.05) is 12.1 Å². The normalized spacial score (nSPS) is 12.7. The molecule has 1 aromatic carbocycles. The fourth-order valence-electron chi connectivity index (χ4n) is 2.31. The van der Waals surface area contributed by atoms with E-state index in [0.29, 0.717) is 24.0 Å². The van der Waals surface area contributed by atoms with Crippen molar-refractivity contribution in [3.63, 3.8) is 0 Å². The molecule has 1 unspecified atom stereocenters. The van der Waals surface area contributed by atoms with Gasteiger partial charge in [-0.15, -0.1) is 0 Å². The number of aliphatic hydroxyl groups is 2. The minimum Gasteiger partial charge on any atom is -0.390 e. The number of carbonyl (C=O) groups excluding carboxylic acids is 1. The second-order valence-corrected chi connectivity index (χ2v) is 6.52. The topological polar surface area (TPSA) is 82.5 Å². The number of hydrogen-bond acceptors (Lipinski definition) is 4. The van der Waals surface area contributed by atoms with Crippen molar-refractivity contribution in [2.75, 3.05) is 6.54 Å². The van der Waals surface area contributed by atoms with Crippen LogP contribution in [0.25, 0.3) is 0 Å². The average molecular weight is 328 g/mol. The Morgan fingerprint density at radius 3 is 2.62 bits per heavy atom. The molecule has 1 amide bonds. The lowest BCUT2D eigenvalue weighted by Gasteiger charge is -2.17. The highest BCUT2D eigenvalue weighted by atomic mass is 16.3. The van der Waals surface area contributed by atoms with Crippen LogP contribution in [0.15, 0.2) is 48.8 Å². The van der Waals surface area contributed by atoms with Crippen LogP contribution in [-0.2, 0) is 6.42 Å². The van der Waals surface area contributed by atoms with E-state index in [1.54, 1.807) is 44.4 Å². The summed E-state index contributed by atoms with van der Waals surface area (Å²) in [6.07, 6.45) is 3.76. The van der Waals surface area contributed by atoms with Gasteiger partial charge < -0.3 is 15.5 Å². The lowest BCUT2D eigenvalue weighted by atomic mass is 9.98. The molecule has 3 N–H and O–H groups in total. The van der Waals surface area contributed by atoms with Gasteiger partial charge in [0.25, 0.3) is 5.91 Å². The SMILES string of the molecule is CC(C)(O)CCc1cccc(C(=O)NCC(O)c2ccncc2)c1. The Bertz CT molecular complexity index is 666. The number of pyridine rings is 1. The van der Waals surface area contributed by atoms with E-state index in [1.807, 2.05) is 18.2 Å². The summed E-state index contributed by atoms with van der Waals surface area (Å²) in [6, 6.07) is 10.8. The highest BCUT2D eigenvalue weighted by molar-refractivity contribution is 5.94. The summed E-state index contributed by atoms with van der Waals surface area (Å²) in [5, 5.41) is 22.6. The zero-order valence-electron chi connectivity index (χ0n) is 14.1. The molecule has 2 aromatic rings. The van der Waals surface area contributed by atoms with Crippen LogP contribution in [0.3, 0.4) is 0 Å². The molecule has 0 aliphatic heterocycles. The molecule has 0 fully saturated rings. The lowest BCUT2D eigenvalue weighted by molar-refractivity contribution is 0.0714. The fraction of sp³-hybridized carbons (Fsp3) is 0.368. The smallest absolute Gasteiger partial charge is 0.251 e. The molecule has 1 aromatic heterocycles. The highest BCUT2D eigenvalue weighted by Gasteiger charge is 2.14. The number of hydrogen-bond donors (Lipinski definition) is 3. The number of amides is 1. The maximum atomic E-state index is 12.2. The summed E-state index contributed by atoms with van der Waals surface area (Å²) in [4.78, 5) is 16.1. The van der Waals surface area contributed by atoms with Gasteiger partial charge in [-0.05, 0) is 62.1 Å². The molecule has 0 saturated carbocycles. The Hall–Kier alpha value is -2.24. The molecule has 24 heavy (non-hydrogen) atoms. The van der Waals surface area contributed by atoms with Gasteiger partial charge in [-0.25, -0.2) is 0 Å². The molecule has 1 atom stereocenters. The van der Waals surface area contributed by atoms with Crippen LogP contribution in [0.1, 0.15) is 47.9 Å². The monoisotopic (exact) mass is 328 g/mol. The number of nitrogens with one attached hydrogen (secondary N) is 1. The molecule has 0 bridgehead atoms. The highest BCUT2D eigenvalue weighted by Crippen LogP contribution is 2.15. The van der Waals surface area contributed by atoms with E-state index in [2.05, 4.69) is 10.3 Å². The van der Waals surface area contributed by atoms with Crippen molar-refractivity contribution in [3.8, 4) is 0 Å². The minimum atomic E-state index is -0.768. The Labute approximate surface area is 142 Å². The van der Waals surface area contributed by atoms with Crippen molar-refractivity contribution in [1.82, 2.24) is 10.3 Å². The molecular weight excluding hydrogens is 304 g/mol. The van der Waals surface area contributed by atoms with Crippen LogP contribution < -0.4 is 5.32 Å². The molecule has 0 aliphatic carbocycles. The van der Waals surface area contributed by atoms with Gasteiger partial charge in [0.2, 0.25) is 0 Å². The van der Waals surface area contributed by atoms with Crippen LogP contribution in [0.4, 0.5) is 0 Å². The Balaban J connectivity index is 1.92. The number of aliphatic hydroxyl groups excluding tert-OH is 1. The molecule has 0 aliphatic rings. The molecule has 1 heterocycles. The van der Waals surface area contributed by atoms with Gasteiger partial charge in [0.15, 0.2) is 0 Å². The number of aromatic nitrogens is 1. The van der Waals surface area contributed by atoms with E-state index in [-0.39, 0.29) is 12.5 Å². The summed E-state index contributed by atoms with van der Waals surface area (Å²) in [7, 11) is 0. The quantitative estimate of drug-likeness (QED) is 0.728. The van der Waals surface area contributed by atoms with Gasteiger partial charge in [0.1, 0.15) is 0 Å². The molecule has 2 rings (SSSR count). The zero-order chi connectivity index (χ0) is 17.6. The van der Waals surface area contributed by atoms with Gasteiger partial charge in [-0.2, -0.15) is 0 Å². The molecule has 0 radical (unpaired) electrons. The Kier molecular flexibility index (Phi) is 6.06. The number of carbonyl (C=O) groups is 1. The van der Waals surface area contributed by atoms with Crippen LogP contribution in [0.5, 0.6) is 0 Å². The zero-order valence-corrected chi connectivity index (χ0v) is 14.1. The summed E-state index contributed by atoms with van der Waals surface area (Å²) in [6.45, 7) is 3.67. The van der Waals surface area contributed by atoms with Crippen LogP contribution in [0, 0.1) is 0 Å². The van der Waals surface area contributed by atoms with Crippen LogP contribution >= 0.6 is 0 Å². The number of benzene rings is 1. The van der Waals surface area contributed by atoms with Gasteiger partial charge in [0, 0.05) is 24.5 Å². The van der Waals surface area contributed by atoms with Crippen molar-refractivity contribution in [3.05, 3.63) is 65.5 Å². The van der Waals surface area contributed by atoms with E-state index in [0.717, 1.165) is 5.56 Å². The predicted molar refractivity (Wildman–Crippen MR) is 92.6 cm³/mol. The number of rotatable bonds is 7. The maximum Gasteiger partial charge on any atom is 0.251 e. The van der Waals surface area contributed by atoms with E-state index in [9.17, 15) is 15.0 Å². The molecular formula is C19H24N2O3. The van der Waals surface area contributed by atoms with Gasteiger partial charge in [-0.3, -0.25) is 9.78 Å². The van der Waals surface area contributed by atoms with Gasteiger partial charge in [0.05, 0.1) is 11.7 Å². The Morgan fingerprint density at radius 1 is 1.25 bits per heavy atom. The molecule has 0 saturated heterocycles. The average Bonchev–Trinajstić information content (AvgIpc) is 2.58. The summed E-state index contributed by atoms with van der Waals surface area (Å²) < 4.78 is 0. The summed E-state index contributed by atoms with van der Waals surface area (Å²) in [5.41, 5.74) is 1.53. The second-order valence-electron chi connectivity index (χ2n) is 6.52. The number of nitrogens with zero attached hydrogens (tertiary/aromatic N) is 1. The first kappa shape index (κ1) is 18.1. The second kappa shape index (κ2) is 8.04. The lowest BCUT2D eigenvalue weighted by Crippen LogP contribution is -2.28. The third kappa shape index (κ3) is 5.76. The van der Waals surface area contributed by atoms with Crippen molar-refractivity contribution < 1.29 is 15.0 Å². The van der Waals surface area contributed by atoms with E-state index < -0.39 is 11.7 Å². The van der Waals surface area contributed by atoms with E-state index in [1.165, 1.54) is 0 Å². The predicted octanol–water partition coefficient (Wildman–Crippen LogP) is 2.25. The van der Waals surface area contributed by atoms with Crippen molar-refractivity contribution in [2.45, 2.75) is 38.4 Å². The molecule has 5 nitrogen and oxygen atoms in total.